The van der Waals surface area contributed by atoms with Crippen LogP contribution in [-0.4, -0.2) is 0 Å². The summed E-state index contributed by atoms with van der Waals surface area (Å²) in [5.41, 5.74) is 2.59. The van der Waals surface area contributed by atoms with Gasteiger partial charge in [0.05, 0.1) is 4.83 Å². The van der Waals surface area contributed by atoms with Crippen LogP contribution in [0.15, 0.2) is 47.8 Å². The lowest BCUT2D eigenvalue weighted by Crippen LogP contribution is -1.93. The molecule has 96 valence electrons. The third-order valence-corrected chi connectivity index (χ3v) is 5.98. The number of fused-ring (bicyclic) bond motifs is 1. The summed E-state index contributed by atoms with van der Waals surface area (Å²) < 4.78 is 0. The van der Waals surface area contributed by atoms with E-state index in [2.05, 4.69) is 58.6 Å². The highest BCUT2D eigenvalue weighted by atomic mass is 79.9. The summed E-state index contributed by atoms with van der Waals surface area (Å²) in [7, 11) is 0. The third kappa shape index (κ3) is 2.33. The van der Waals surface area contributed by atoms with Gasteiger partial charge in [-0.2, -0.15) is 0 Å². The van der Waals surface area contributed by atoms with Crippen LogP contribution in [0.2, 0.25) is 5.02 Å². The van der Waals surface area contributed by atoms with Crippen molar-refractivity contribution in [3.05, 3.63) is 68.9 Å². The van der Waals surface area contributed by atoms with E-state index in [1.807, 2.05) is 12.1 Å². The molecule has 0 nitrogen and oxygen atoms in total. The zero-order valence-electron chi connectivity index (χ0n) is 10.4. The van der Waals surface area contributed by atoms with Crippen molar-refractivity contribution in [2.24, 2.45) is 0 Å². The number of hydrogen-bond acceptors (Lipinski definition) is 1. The highest BCUT2D eigenvalue weighted by Gasteiger charge is 2.17. The Morgan fingerprint density at radius 1 is 1.05 bits per heavy atom. The minimum absolute atomic E-state index is 0.217. The average molecular weight is 352 g/mol. The molecule has 3 rings (SSSR count). The van der Waals surface area contributed by atoms with E-state index in [1.54, 1.807) is 11.3 Å². The van der Waals surface area contributed by atoms with Crippen molar-refractivity contribution in [1.29, 1.82) is 0 Å². The Balaban J connectivity index is 2.21. The van der Waals surface area contributed by atoms with Crippen LogP contribution in [-0.2, 0) is 0 Å². The fraction of sp³-hybridized carbons (Fsp3) is 0.125. The number of alkyl halides is 1. The van der Waals surface area contributed by atoms with E-state index < -0.39 is 0 Å². The Hall–Kier alpha value is -0.830. The van der Waals surface area contributed by atoms with Crippen LogP contribution in [0.3, 0.4) is 0 Å². The van der Waals surface area contributed by atoms with Crippen LogP contribution in [0.1, 0.15) is 20.8 Å². The highest BCUT2D eigenvalue weighted by molar-refractivity contribution is 9.09. The van der Waals surface area contributed by atoms with Crippen LogP contribution < -0.4 is 0 Å². The van der Waals surface area contributed by atoms with Gasteiger partial charge < -0.3 is 0 Å². The van der Waals surface area contributed by atoms with E-state index in [-0.39, 0.29) is 4.83 Å². The van der Waals surface area contributed by atoms with Gasteiger partial charge in [0.1, 0.15) is 0 Å². The molecule has 0 amide bonds. The van der Waals surface area contributed by atoms with Crippen LogP contribution in [0, 0.1) is 6.92 Å². The van der Waals surface area contributed by atoms with E-state index in [1.165, 1.54) is 21.4 Å². The Bertz CT molecular complexity index is 732. The minimum atomic E-state index is 0.217. The van der Waals surface area contributed by atoms with Gasteiger partial charge in [-0.1, -0.05) is 57.9 Å². The number of rotatable bonds is 2. The van der Waals surface area contributed by atoms with E-state index in [0.717, 1.165) is 10.4 Å². The smallest absolute Gasteiger partial charge is 0.0746 e. The molecule has 1 atom stereocenters. The molecule has 0 saturated heterocycles. The number of halogens is 2. The van der Waals surface area contributed by atoms with Gasteiger partial charge in [-0.3, -0.25) is 0 Å². The van der Waals surface area contributed by atoms with Crippen LogP contribution in [0.5, 0.6) is 0 Å². The summed E-state index contributed by atoms with van der Waals surface area (Å²) in [6, 6.07) is 14.5. The van der Waals surface area contributed by atoms with Crippen molar-refractivity contribution in [3.63, 3.8) is 0 Å². The first-order chi connectivity index (χ1) is 9.18. The van der Waals surface area contributed by atoms with Gasteiger partial charge in [0.15, 0.2) is 0 Å². The molecule has 1 unspecified atom stereocenters. The molecular weight excluding hydrogens is 340 g/mol. The summed E-state index contributed by atoms with van der Waals surface area (Å²) in [5.74, 6) is 0. The lowest BCUT2D eigenvalue weighted by Gasteiger charge is -2.14. The fourth-order valence-electron chi connectivity index (χ4n) is 2.29. The molecule has 0 bridgehead atoms. The second-order valence-corrected chi connectivity index (χ2v) is 6.78. The van der Waals surface area contributed by atoms with Gasteiger partial charge in [0.25, 0.3) is 0 Å². The van der Waals surface area contributed by atoms with Gasteiger partial charge in [-0.05, 0) is 40.9 Å². The maximum absolute atomic E-state index is 6.28. The summed E-state index contributed by atoms with van der Waals surface area (Å²) in [6.07, 6.45) is 0. The molecule has 0 saturated carbocycles. The zero-order chi connectivity index (χ0) is 13.4. The molecule has 2 aromatic carbocycles. The van der Waals surface area contributed by atoms with E-state index in [0.29, 0.717) is 0 Å². The highest BCUT2D eigenvalue weighted by Crippen LogP contribution is 2.40. The van der Waals surface area contributed by atoms with E-state index >= 15 is 0 Å². The molecule has 0 radical (unpaired) electrons. The second-order valence-electron chi connectivity index (χ2n) is 4.51. The number of aryl methyl sites for hydroxylation is 1. The molecule has 3 heteroatoms. The summed E-state index contributed by atoms with van der Waals surface area (Å²) in [5, 5.41) is 5.27. The van der Waals surface area contributed by atoms with Gasteiger partial charge in [-0.25, -0.2) is 0 Å². The molecule has 19 heavy (non-hydrogen) atoms. The predicted molar refractivity (Wildman–Crippen MR) is 88.8 cm³/mol. The molecule has 0 fully saturated rings. The van der Waals surface area contributed by atoms with Gasteiger partial charge in [0, 0.05) is 15.3 Å². The monoisotopic (exact) mass is 350 g/mol. The van der Waals surface area contributed by atoms with Crippen molar-refractivity contribution in [2.75, 3.05) is 0 Å². The quantitative estimate of drug-likeness (QED) is 0.472. The molecule has 3 aromatic rings. The summed E-state index contributed by atoms with van der Waals surface area (Å²) in [6.45, 7) is 2.15. The SMILES string of the molecule is Cc1ccsc1C(Br)c1ccc(Cl)c2ccccc12. The summed E-state index contributed by atoms with van der Waals surface area (Å²) in [4.78, 5) is 1.57. The Morgan fingerprint density at radius 3 is 2.47 bits per heavy atom. The molecule has 0 aliphatic rings. The van der Waals surface area contributed by atoms with Crippen molar-refractivity contribution in [3.8, 4) is 0 Å². The largest absolute Gasteiger partial charge is 0.147 e. The Morgan fingerprint density at radius 2 is 1.79 bits per heavy atom. The van der Waals surface area contributed by atoms with Crippen LogP contribution >= 0.6 is 38.9 Å². The maximum atomic E-state index is 6.28. The molecule has 0 spiro atoms. The van der Waals surface area contributed by atoms with Crippen LogP contribution in [0.4, 0.5) is 0 Å². The first-order valence-electron chi connectivity index (χ1n) is 6.03. The number of hydrogen-bond donors (Lipinski definition) is 0. The molecular formula is C16H12BrClS. The Labute approximate surface area is 130 Å². The van der Waals surface area contributed by atoms with Gasteiger partial charge >= 0.3 is 0 Å². The third-order valence-electron chi connectivity index (χ3n) is 3.31. The van der Waals surface area contributed by atoms with Crippen molar-refractivity contribution < 1.29 is 0 Å². The van der Waals surface area contributed by atoms with E-state index in [9.17, 15) is 0 Å². The summed E-state index contributed by atoms with van der Waals surface area (Å²) >= 11 is 11.9. The first kappa shape index (κ1) is 13.2. The number of thiophene rings is 1. The zero-order valence-corrected chi connectivity index (χ0v) is 13.5. The fourth-order valence-corrected chi connectivity index (χ4v) is 4.52. The molecule has 0 aliphatic carbocycles. The standard InChI is InChI=1S/C16H12BrClS/c1-10-8-9-19-16(10)15(17)13-6-7-14(18)12-5-3-2-4-11(12)13/h2-9,15H,1H3. The average Bonchev–Trinajstić information content (AvgIpc) is 2.85. The van der Waals surface area contributed by atoms with Crippen molar-refractivity contribution >= 4 is 49.6 Å². The first-order valence-corrected chi connectivity index (χ1v) is 8.21. The minimum Gasteiger partial charge on any atom is -0.147 e. The van der Waals surface area contributed by atoms with Crippen molar-refractivity contribution in [2.45, 2.75) is 11.8 Å². The number of benzene rings is 2. The lowest BCUT2D eigenvalue weighted by molar-refractivity contribution is 1.22. The topological polar surface area (TPSA) is 0 Å². The second kappa shape index (κ2) is 5.28. The maximum Gasteiger partial charge on any atom is 0.0746 e. The Kier molecular flexibility index (Phi) is 3.66. The van der Waals surface area contributed by atoms with Gasteiger partial charge in [0.2, 0.25) is 0 Å². The lowest BCUT2D eigenvalue weighted by atomic mass is 10.0. The normalized spacial score (nSPS) is 12.8. The predicted octanol–water partition coefficient (Wildman–Crippen LogP) is 6.35. The van der Waals surface area contributed by atoms with Crippen LogP contribution in [0.25, 0.3) is 10.8 Å². The molecule has 1 aromatic heterocycles. The molecule has 1 heterocycles. The van der Waals surface area contributed by atoms with Crippen molar-refractivity contribution in [1.82, 2.24) is 0 Å². The molecule has 0 aliphatic heterocycles. The molecule has 0 N–H and O–H groups in total. The van der Waals surface area contributed by atoms with Gasteiger partial charge in [-0.15, -0.1) is 11.3 Å². The van der Waals surface area contributed by atoms with E-state index in [4.69, 9.17) is 11.6 Å².